The monoisotopic (exact) mass is 165 g/mol. The molecule has 0 atom stereocenters. The smallest absolute Gasteiger partial charge is 0.247 e. The summed E-state index contributed by atoms with van der Waals surface area (Å²) < 4.78 is 24.4. The Balaban J connectivity index is 3.63. The highest BCUT2D eigenvalue weighted by atomic mass is 19.3. The highest BCUT2D eigenvalue weighted by Crippen LogP contribution is 2.16. The van der Waals surface area contributed by atoms with Crippen LogP contribution in [0, 0.1) is 0 Å². The predicted octanol–water partition coefficient (Wildman–Crippen LogP) is 1.51. The van der Waals surface area contributed by atoms with E-state index in [2.05, 4.69) is 0 Å². The van der Waals surface area contributed by atoms with Crippen molar-refractivity contribution in [1.82, 2.24) is 4.90 Å². The van der Waals surface area contributed by atoms with Gasteiger partial charge in [-0.15, -0.1) is 0 Å². The van der Waals surface area contributed by atoms with Crippen LogP contribution in [0.4, 0.5) is 8.78 Å². The maximum absolute atomic E-state index is 12.2. The molecule has 0 aliphatic heterocycles. The summed E-state index contributed by atoms with van der Waals surface area (Å²) in [5.74, 6) is -2.86. The van der Waals surface area contributed by atoms with Gasteiger partial charge in [0.05, 0.1) is 0 Å². The minimum absolute atomic E-state index is 0.110. The van der Waals surface area contributed by atoms with E-state index < -0.39 is 5.92 Å². The van der Waals surface area contributed by atoms with Crippen LogP contribution in [0.3, 0.4) is 0 Å². The lowest BCUT2D eigenvalue weighted by Gasteiger charge is -2.17. The minimum atomic E-state index is -2.68. The van der Waals surface area contributed by atoms with Gasteiger partial charge < -0.3 is 4.90 Å². The van der Waals surface area contributed by atoms with Gasteiger partial charge in [-0.05, 0) is 6.92 Å². The highest BCUT2D eigenvalue weighted by molar-refractivity contribution is 5.72. The third kappa shape index (κ3) is 5.76. The van der Waals surface area contributed by atoms with Gasteiger partial charge in [0.1, 0.15) is 0 Å². The van der Waals surface area contributed by atoms with Gasteiger partial charge in [0, 0.05) is 26.9 Å². The van der Waals surface area contributed by atoms with E-state index in [9.17, 15) is 13.6 Å². The summed E-state index contributed by atoms with van der Waals surface area (Å²) in [5.41, 5.74) is 0. The molecule has 0 saturated carbocycles. The SMILES string of the molecule is CC(=O)N(C)CCC(C)(F)F. The molecule has 0 unspecified atom stereocenters. The van der Waals surface area contributed by atoms with Gasteiger partial charge in [0.2, 0.25) is 11.8 Å². The van der Waals surface area contributed by atoms with Crippen LogP contribution in [0.25, 0.3) is 0 Å². The van der Waals surface area contributed by atoms with Crippen LogP contribution in [-0.2, 0) is 4.79 Å². The number of amides is 1. The van der Waals surface area contributed by atoms with E-state index in [0.29, 0.717) is 0 Å². The molecule has 66 valence electrons. The van der Waals surface area contributed by atoms with Crippen LogP contribution >= 0.6 is 0 Å². The molecule has 11 heavy (non-hydrogen) atoms. The summed E-state index contributed by atoms with van der Waals surface area (Å²) in [6.45, 7) is 2.31. The number of rotatable bonds is 3. The quantitative estimate of drug-likeness (QED) is 0.620. The molecule has 0 saturated heterocycles. The molecule has 0 aliphatic carbocycles. The molecule has 0 spiro atoms. The first kappa shape index (κ1) is 10.3. The molecule has 0 rings (SSSR count). The molecule has 0 fully saturated rings. The Hall–Kier alpha value is -0.670. The van der Waals surface area contributed by atoms with Crippen molar-refractivity contribution >= 4 is 5.91 Å². The van der Waals surface area contributed by atoms with Crippen molar-refractivity contribution in [3.05, 3.63) is 0 Å². The zero-order valence-electron chi connectivity index (χ0n) is 7.03. The van der Waals surface area contributed by atoms with E-state index in [1.54, 1.807) is 0 Å². The molecule has 0 radical (unpaired) electrons. The molecular weight excluding hydrogens is 152 g/mol. The lowest BCUT2D eigenvalue weighted by atomic mass is 10.2. The van der Waals surface area contributed by atoms with Gasteiger partial charge in [-0.1, -0.05) is 0 Å². The van der Waals surface area contributed by atoms with Crippen LogP contribution in [0.15, 0.2) is 0 Å². The van der Waals surface area contributed by atoms with Gasteiger partial charge in [0.25, 0.3) is 0 Å². The van der Waals surface area contributed by atoms with Crippen molar-refractivity contribution in [2.75, 3.05) is 13.6 Å². The molecule has 4 heteroatoms. The number of hydrogen-bond acceptors (Lipinski definition) is 1. The Morgan fingerprint density at radius 2 is 2.00 bits per heavy atom. The van der Waals surface area contributed by atoms with E-state index >= 15 is 0 Å². The Morgan fingerprint density at radius 1 is 1.55 bits per heavy atom. The Morgan fingerprint density at radius 3 is 2.27 bits per heavy atom. The number of alkyl halides is 2. The van der Waals surface area contributed by atoms with E-state index in [4.69, 9.17) is 0 Å². The maximum Gasteiger partial charge on any atom is 0.247 e. The number of carbonyl (C=O) groups excluding carboxylic acids is 1. The molecule has 0 aliphatic rings. The molecule has 0 N–H and O–H groups in total. The number of hydrogen-bond donors (Lipinski definition) is 0. The summed E-state index contributed by atoms with van der Waals surface area (Å²) in [5, 5.41) is 0. The summed E-state index contributed by atoms with van der Waals surface area (Å²) in [6, 6.07) is 0. The first-order valence-corrected chi connectivity index (χ1v) is 3.42. The van der Waals surface area contributed by atoms with E-state index in [1.165, 1.54) is 18.9 Å². The minimum Gasteiger partial charge on any atom is -0.346 e. The molecule has 2 nitrogen and oxygen atoms in total. The second-order valence-electron chi connectivity index (χ2n) is 2.76. The van der Waals surface area contributed by atoms with Gasteiger partial charge in [-0.3, -0.25) is 4.79 Å². The van der Waals surface area contributed by atoms with Crippen molar-refractivity contribution in [1.29, 1.82) is 0 Å². The lowest BCUT2D eigenvalue weighted by Crippen LogP contribution is -2.28. The van der Waals surface area contributed by atoms with Gasteiger partial charge in [-0.2, -0.15) is 0 Å². The Labute approximate surface area is 65.2 Å². The van der Waals surface area contributed by atoms with Crippen LogP contribution in [0.5, 0.6) is 0 Å². The largest absolute Gasteiger partial charge is 0.346 e. The van der Waals surface area contributed by atoms with E-state index in [-0.39, 0.29) is 18.9 Å². The highest BCUT2D eigenvalue weighted by Gasteiger charge is 2.21. The fourth-order valence-electron chi connectivity index (χ4n) is 0.521. The van der Waals surface area contributed by atoms with Crippen LogP contribution in [0.1, 0.15) is 20.3 Å². The molecule has 0 aromatic heterocycles. The van der Waals surface area contributed by atoms with Gasteiger partial charge in [0.15, 0.2) is 0 Å². The Kier molecular flexibility index (Phi) is 3.42. The number of nitrogens with zero attached hydrogens (tertiary/aromatic N) is 1. The molecular formula is C7H13F2NO. The lowest BCUT2D eigenvalue weighted by molar-refractivity contribution is -0.128. The standard InChI is InChI=1S/C7H13F2NO/c1-6(11)10(3)5-4-7(2,8)9/h4-5H2,1-3H3. The van der Waals surface area contributed by atoms with Crippen LogP contribution in [0.2, 0.25) is 0 Å². The zero-order chi connectivity index (χ0) is 9.07. The number of halogens is 2. The molecule has 1 amide bonds. The average molecular weight is 165 g/mol. The normalized spacial score (nSPS) is 11.4. The van der Waals surface area contributed by atoms with E-state index in [0.717, 1.165) is 6.92 Å². The summed E-state index contributed by atoms with van der Waals surface area (Å²) >= 11 is 0. The molecule has 0 heterocycles. The second kappa shape index (κ2) is 3.64. The summed E-state index contributed by atoms with van der Waals surface area (Å²) in [4.78, 5) is 11.8. The van der Waals surface area contributed by atoms with Gasteiger partial charge >= 0.3 is 0 Å². The third-order valence-corrected chi connectivity index (χ3v) is 1.42. The maximum atomic E-state index is 12.2. The molecule has 0 aromatic rings. The average Bonchev–Trinajstić information content (AvgIpc) is 1.80. The van der Waals surface area contributed by atoms with E-state index in [1.807, 2.05) is 0 Å². The van der Waals surface area contributed by atoms with Crippen molar-refractivity contribution in [2.24, 2.45) is 0 Å². The zero-order valence-corrected chi connectivity index (χ0v) is 7.03. The summed E-state index contributed by atoms with van der Waals surface area (Å²) in [6.07, 6.45) is -0.275. The Bertz CT molecular complexity index is 142. The molecule has 0 aromatic carbocycles. The van der Waals surface area contributed by atoms with Crippen molar-refractivity contribution in [2.45, 2.75) is 26.2 Å². The fourth-order valence-corrected chi connectivity index (χ4v) is 0.521. The fraction of sp³-hybridized carbons (Fsp3) is 0.857. The number of carbonyl (C=O) groups is 1. The molecule has 0 bridgehead atoms. The third-order valence-electron chi connectivity index (χ3n) is 1.42. The first-order valence-electron chi connectivity index (χ1n) is 3.42. The predicted molar refractivity (Wildman–Crippen MR) is 38.5 cm³/mol. The summed E-state index contributed by atoms with van der Waals surface area (Å²) in [7, 11) is 1.51. The van der Waals surface area contributed by atoms with Crippen molar-refractivity contribution < 1.29 is 13.6 Å². The topological polar surface area (TPSA) is 20.3 Å². The van der Waals surface area contributed by atoms with Crippen molar-refractivity contribution in [3.63, 3.8) is 0 Å². The second-order valence-corrected chi connectivity index (χ2v) is 2.76. The first-order chi connectivity index (χ1) is 4.83. The van der Waals surface area contributed by atoms with Crippen LogP contribution in [-0.4, -0.2) is 30.3 Å². The van der Waals surface area contributed by atoms with Crippen molar-refractivity contribution in [3.8, 4) is 0 Å². The van der Waals surface area contributed by atoms with Crippen LogP contribution < -0.4 is 0 Å². The van der Waals surface area contributed by atoms with Gasteiger partial charge in [-0.25, -0.2) is 8.78 Å².